The summed E-state index contributed by atoms with van der Waals surface area (Å²) in [4.78, 5) is 30.6. The van der Waals surface area contributed by atoms with E-state index in [4.69, 9.17) is 14.7 Å². The van der Waals surface area contributed by atoms with Gasteiger partial charge in [0.1, 0.15) is 10.6 Å². The van der Waals surface area contributed by atoms with E-state index in [1.165, 1.54) is 0 Å². The highest BCUT2D eigenvalue weighted by Crippen LogP contribution is 2.39. The van der Waals surface area contributed by atoms with Crippen molar-refractivity contribution in [3.63, 3.8) is 0 Å². The maximum absolute atomic E-state index is 13.2. The van der Waals surface area contributed by atoms with Crippen LogP contribution in [0, 0.1) is 6.92 Å². The van der Waals surface area contributed by atoms with Crippen LogP contribution >= 0.6 is 11.3 Å². The third-order valence-electron chi connectivity index (χ3n) is 7.59. The number of piperidine rings is 1. The van der Waals surface area contributed by atoms with Crippen LogP contribution in [0.25, 0.3) is 10.2 Å². The Kier molecular flexibility index (Phi) is 6.07. The Hall–Kier alpha value is -2.76. The molecule has 186 valence electrons. The second kappa shape index (κ2) is 9.36. The van der Waals surface area contributed by atoms with Crippen LogP contribution in [-0.2, 0) is 9.53 Å². The Labute approximate surface area is 208 Å². The first-order chi connectivity index (χ1) is 17.0. The van der Waals surface area contributed by atoms with E-state index in [1.807, 2.05) is 24.4 Å². The smallest absolute Gasteiger partial charge is 0.237 e. The first-order valence-corrected chi connectivity index (χ1v) is 13.3. The Balaban J connectivity index is 1.18. The van der Waals surface area contributed by atoms with Gasteiger partial charge in [-0.05, 0) is 44.1 Å². The van der Waals surface area contributed by atoms with Crippen molar-refractivity contribution in [3.05, 3.63) is 23.2 Å². The fraction of sp³-hybridized carbons (Fsp3) is 0.583. The minimum atomic E-state index is 0.276. The maximum atomic E-state index is 13.2. The first-order valence-electron chi connectivity index (χ1n) is 12.4. The van der Waals surface area contributed by atoms with Gasteiger partial charge in [-0.3, -0.25) is 14.8 Å². The van der Waals surface area contributed by atoms with Crippen LogP contribution in [0.1, 0.15) is 31.4 Å². The van der Waals surface area contributed by atoms with Crippen LogP contribution in [0.15, 0.2) is 17.5 Å². The third-order valence-corrected chi connectivity index (χ3v) is 8.39. The molecule has 1 amide bonds. The van der Waals surface area contributed by atoms with Gasteiger partial charge in [0.05, 0.1) is 25.1 Å². The number of aryl methyl sites for hydroxylation is 1. The second-order valence-electron chi connectivity index (χ2n) is 9.88. The lowest BCUT2D eigenvalue weighted by Gasteiger charge is -2.43. The molecule has 6 rings (SSSR count). The quantitative estimate of drug-likeness (QED) is 0.537. The molecule has 3 atom stereocenters. The highest BCUT2D eigenvalue weighted by molar-refractivity contribution is 7.16. The lowest BCUT2D eigenvalue weighted by atomic mass is 9.96. The molecule has 3 aliphatic heterocycles. The van der Waals surface area contributed by atoms with E-state index >= 15 is 0 Å². The number of thiophene rings is 1. The van der Waals surface area contributed by atoms with Crippen molar-refractivity contribution < 1.29 is 9.53 Å². The standard InChI is InChI=1S/C24H32N8O2S/c1-15-11-20(29-28-15)25-22-19-5-10-35-23(19)27-24(26-22)30(2)18-12-16-3-4-17(13-18)32(16)21(33)14-31-6-8-34-9-7-31/h5,10-11,16-18H,3-4,6-9,12-14H2,1-2H3,(H2,25,26,27,28,29)/t16-,17+,18-. The Bertz CT molecular complexity index is 1190. The molecule has 3 aliphatic rings. The zero-order valence-electron chi connectivity index (χ0n) is 20.2. The Morgan fingerprint density at radius 2 is 2.03 bits per heavy atom. The predicted molar refractivity (Wildman–Crippen MR) is 136 cm³/mol. The van der Waals surface area contributed by atoms with Crippen LogP contribution < -0.4 is 10.2 Å². The van der Waals surface area contributed by atoms with Gasteiger partial charge in [-0.15, -0.1) is 11.3 Å². The maximum Gasteiger partial charge on any atom is 0.237 e. The molecule has 3 saturated heterocycles. The van der Waals surface area contributed by atoms with E-state index in [0.29, 0.717) is 30.6 Å². The summed E-state index contributed by atoms with van der Waals surface area (Å²) in [5.41, 5.74) is 0.992. The molecule has 0 unspecified atom stereocenters. The zero-order valence-corrected chi connectivity index (χ0v) is 21.1. The van der Waals surface area contributed by atoms with Crippen molar-refractivity contribution >= 4 is 45.0 Å². The van der Waals surface area contributed by atoms with E-state index in [0.717, 1.165) is 79.5 Å². The largest absolute Gasteiger partial charge is 0.379 e. The number of hydrogen-bond donors (Lipinski definition) is 2. The number of carbonyl (C=O) groups is 1. The van der Waals surface area contributed by atoms with Crippen molar-refractivity contribution in [2.75, 3.05) is 50.1 Å². The lowest BCUT2D eigenvalue weighted by molar-refractivity contribution is -0.138. The van der Waals surface area contributed by atoms with Gasteiger partial charge in [-0.2, -0.15) is 10.1 Å². The number of nitrogens with zero attached hydrogens (tertiary/aromatic N) is 6. The van der Waals surface area contributed by atoms with E-state index in [1.54, 1.807) is 11.3 Å². The molecular formula is C24H32N8O2S. The lowest BCUT2D eigenvalue weighted by Crippen LogP contribution is -2.55. The third kappa shape index (κ3) is 4.48. The van der Waals surface area contributed by atoms with Crippen LogP contribution in [0.3, 0.4) is 0 Å². The Morgan fingerprint density at radius 3 is 2.74 bits per heavy atom. The van der Waals surface area contributed by atoms with Crippen LogP contribution in [0.5, 0.6) is 0 Å². The molecule has 2 bridgehead atoms. The summed E-state index contributed by atoms with van der Waals surface area (Å²) in [6.45, 7) is 5.62. The summed E-state index contributed by atoms with van der Waals surface area (Å²) in [5.74, 6) is 2.50. The molecule has 6 heterocycles. The van der Waals surface area contributed by atoms with Gasteiger partial charge < -0.3 is 19.9 Å². The topological polar surface area (TPSA) is 103 Å². The van der Waals surface area contributed by atoms with Gasteiger partial charge in [-0.1, -0.05) is 0 Å². The monoisotopic (exact) mass is 496 g/mol. The average Bonchev–Trinajstić information content (AvgIpc) is 3.56. The molecule has 10 nitrogen and oxygen atoms in total. The van der Waals surface area contributed by atoms with Crippen molar-refractivity contribution in [3.8, 4) is 0 Å². The number of nitrogens with one attached hydrogen (secondary N) is 2. The fourth-order valence-corrected chi connectivity index (χ4v) is 6.53. The number of ether oxygens (including phenoxy) is 1. The number of carbonyl (C=O) groups excluding carboxylic acids is 1. The van der Waals surface area contributed by atoms with Crippen molar-refractivity contribution in [1.82, 2.24) is 30.0 Å². The minimum Gasteiger partial charge on any atom is -0.379 e. The van der Waals surface area contributed by atoms with Crippen LogP contribution in [0.4, 0.5) is 17.6 Å². The van der Waals surface area contributed by atoms with E-state index < -0.39 is 0 Å². The number of fused-ring (bicyclic) bond motifs is 3. The first kappa shape index (κ1) is 22.7. The number of amides is 1. The van der Waals surface area contributed by atoms with Crippen molar-refractivity contribution in [1.29, 1.82) is 0 Å². The normalized spacial score (nSPS) is 24.7. The van der Waals surface area contributed by atoms with Gasteiger partial charge in [0, 0.05) is 50.0 Å². The summed E-state index contributed by atoms with van der Waals surface area (Å²) < 4.78 is 5.44. The summed E-state index contributed by atoms with van der Waals surface area (Å²) >= 11 is 1.62. The Morgan fingerprint density at radius 1 is 1.26 bits per heavy atom. The molecular weight excluding hydrogens is 464 g/mol. The summed E-state index contributed by atoms with van der Waals surface area (Å²) in [5, 5.41) is 13.7. The number of anilines is 3. The highest BCUT2D eigenvalue weighted by atomic mass is 32.1. The molecule has 0 radical (unpaired) electrons. The number of hydrogen-bond acceptors (Lipinski definition) is 9. The molecule has 3 aromatic rings. The van der Waals surface area contributed by atoms with Gasteiger partial charge in [0.15, 0.2) is 5.82 Å². The van der Waals surface area contributed by atoms with Crippen LogP contribution in [-0.4, -0.2) is 93.9 Å². The number of aromatic nitrogens is 4. The molecule has 0 aromatic carbocycles. The molecule has 3 fully saturated rings. The van der Waals surface area contributed by atoms with E-state index in [-0.39, 0.29) is 5.91 Å². The zero-order chi connectivity index (χ0) is 23.9. The molecule has 2 N–H and O–H groups in total. The van der Waals surface area contributed by atoms with Gasteiger partial charge in [0.25, 0.3) is 0 Å². The number of aromatic amines is 1. The highest BCUT2D eigenvalue weighted by Gasteiger charge is 2.44. The number of rotatable bonds is 6. The van der Waals surface area contributed by atoms with E-state index in [9.17, 15) is 4.79 Å². The molecule has 0 spiro atoms. The minimum absolute atomic E-state index is 0.276. The number of H-pyrrole nitrogens is 1. The molecule has 11 heteroatoms. The number of morpholine rings is 1. The molecule has 0 saturated carbocycles. The van der Waals surface area contributed by atoms with Crippen LogP contribution in [0.2, 0.25) is 0 Å². The van der Waals surface area contributed by atoms with Gasteiger partial charge in [-0.25, -0.2) is 4.98 Å². The van der Waals surface area contributed by atoms with Crippen molar-refractivity contribution in [2.45, 2.75) is 50.7 Å². The SMILES string of the molecule is Cc1cc(Nc2nc(N(C)[C@@H]3C[C@H]4CC[C@@H](C3)N4C(=O)CN3CCOCC3)nc3sccc23)n[nH]1. The van der Waals surface area contributed by atoms with Gasteiger partial charge >= 0.3 is 0 Å². The van der Waals surface area contributed by atoms with Crippen molar-refractivity contribution in [2.24, 2.45) is 0 Å². The average molecular weight is 497 g/mol. The fourth-order valence-electron chi connectivity index (χ4n) is 5.77. The van der Waals surface area contributed by atoms with Gasteiger partial charge in [0.2, 0.25) is 11.9 Å². The summed E-state index contributed by atoms with van der Waals surface area (Å²) in [6.07, 6.45) is 4.07. The molecule has 3 aromatic heterocycles. The molecule has 0 aliphatic carbocycles. The molecule has 35 heavy (non-hydrogen) atoms. The second-order valence-corrected chi connectivity index (χ2v) is 10.8. The predicted octanol–water partition coefficient (Wildman–Crippen LogP) is 2.76. The summed E-state index contributed by atoms with van der Waals surface area (Å²) in [6, 6.07) is 4.91. The summed E-state index contributed by atoms with van der Waals surface area (Å²) in [7, 11) is 2.09. The van der Waals surface area contributed by atoms with E-state index in [2.05, 4.69) is 37.3 Å².